The third kappa shape index (κ3) is 0.932. The molecule has 0 unspecified atom stereocenters. The van der Waals surface area contributed by atoms with Gasteiger partial charge in [-0.05, 0) is 0 Å². The summed E-state index contributed by atoms with van der Waals surface area (Å²) in [6.07, 6.45) is 3.51. The van der Waals surface area contributed by atoms with E-state index in [9.17, 15) is 0 Å². The predicted octanol–water partition coefficient (Wildman–Crippen LogP) is -0.240. The van der Waals surface area contributed by atoms with E-state index in [0.717, 1.165) is 0 Å². The van der Waals surface area contributed by atoms with Crippen molar-refractivity contribution >= 4 is 12.4 Å². The topological polar surface area (TPSA) is 27.4 Å². The van der Waals surface area contributed by atoms with Crippen molar-refractivity contribution in [3.05, 3.63) is 12.4 Å². The van der Waals surface area contributed by atoms with Gasteiger partial charge in [-0.1, -0.05) is 6.58 Å². The zero-order valence-electron chi connectivity index (χ0n) is 4.76. The second-order valence-corrected chi connectivity index (χ2v) is 1.60. The third-order valence-corrected chi connectivity index (χ3v) is 0.826. The first-order valence-electron chi connectivity index (χ1n) is 2.35. The number of hydrogen-bond donors (Lipinski definition) is 1. The normalized spacial score (nSPS) is 17.6. The molecular weight excluding hydrogens is 102 g/mol. The van der Waals surface area contributed by atoms with Gasteiger partial charge in [0.25, 0.3) is 0 Å². The molecule has 0 aromatic heterocycles. The van der Waals surface area contributed by atoms with Crippen LogP contribution >= 0.6 is 0 Å². The minimum atomic E-state index is 0.676. The Balaban J connectivity index is 2.73. The van der Waals surface area contributed by atoms with Gasteiger partial charge in [-0.25, -0.2) is 4.99 Å². The van der Waals surface area contributed by atoms with Crippen LogP contribution in [0.5, 0.6) is 0 Å². The second kappa shape index (κ2) is 1.78. The molecule has 0 bridgehead atoms. The first-order chi connectivity index (χ1) is 3.79. The molecule has 0 saturated carbocycles. The molecular formula is C5H8N3+. The summed E-state index contributed by atoms with van der Waals surface area (Å²) >= 11 is 0. The molecule has 0 saturated heterocycles. The van der Waals surface area contributed by atoms with E-state index in [4.69, 9.17) is 0 Å². The number of nitrogens with zero attached hydrogens (tertiary/aromatic N) is 2. The van der Waals surface area contributed by atoms with Crippen molar-refractivity contribution in [2.45, 2.75) is 0 Å². The highest BCUT2D eigenvalue weighted by molar-refractivity contribution is 6.14. The Hall–Kier alpha value is -1.12. The summed E-state index contributed by atoms with van der Waals surface area (Å²) in [4.78, 5) is 3.85. The summed E-state index contributed by atoms with van der Waals surface area (Å²) in [5.74, 6) is 0.676. The molecule has 3 heteroatoms. The van der Waals surface area contributed by atoms with Gasteiger partial charge in [0.2, 0.25) is 6.21 Å². The van der Waals surface area contributed by atoms with Crippen LogP contribution in [-0.4, -0.2) is 24.2 Å². The largest absolute Gasteiger partial charge is 0.229 e. The van der Waals surface area contributed by atoms with Crippen molar-refractivity contribution in [2.24, 2.45) is 4.99 Å². The Kier molecular flexibility index (Phi) is 1.12. The number of hydrogen-bond acceptors (Lipinski definition) is 2. The van der Waals surface area contributed by atoms with Gasteiger partial charge in [-0.15, -0.1) is 10.1 Å². The lowest BCUT2D eigenvalue weighted by Crippen LogP contribution is -2.27. The van der Waals surface area contributed by atoms with E-state index in [0.29, 0.717) is 5.82 Å². The minimum Gasteiger partial charge on any atom is -0.229 e. The maximum absolute atomic E-state index is 3.85. The Morgan fingerprint density at radius 1 is 1.88 bits per heavy atom. The monoisotopic (exact) mass is 110 g/mol. The maximum atomic E-state index is 3.85. The molecule has 0 amide bonds. The Labute approximate surface area is 48.0 Å². The number of rotatable bonds is 0. The van der Waals surface area contributed by atoms with Crippen molar-refractivity contribution < 1.29 is 4.68 Å². The van der Waals surface area contributed by atoms with Gasteiger partial charge >= 0.3 is 0 Å². The summed E-state index contributed by atoms with van der Waals surface area (Å²) in [5, 5.41) is 0. The molecule has 0 radical (unpaired) electrons. The molecule has 0 aromatic rings. The van der Waals surface area contributed by atoms with Crippen LogP contribution in [0.3, 0.4) is 0 Å². The lowest BCUT2D eigenvalue weighted by Gasteiger charge is -2.00. The lowest BCUT2D eigenvalue weighted by molar-refractivity contribution is -0.546. The van der Waals surface area contributed by atoms with Crippen LogP contribution in [0.1, 0.15) is 0 Å². The van der Waals surface area contributed by atoms with Crippen LogP contribution < -0.4 is 5.43 Å². The number of hydrazone groups is 1. The smallest absolute Gasteiger partial charge is 0.211 e. The predicted molar refractivity (Wildman–Crippen MR) is 33.0 cm³/mol. The maximum Gasteiger partial charge on any atom is 0.211 e. The molecule has 1 N–H and O–H groups in total. The highest BCUT2D eigenvalue weighted by Crippen LogP contribution is 1.84. The third-order valence-electron chi connectivity index (χ3n) is 0.826. The van der Waals surface area contributed by atoms with E-state index in [1.54, 1.807) is 10.9 Å². The summed E-state index contributed by atoms with van der Waals surface area (Å²) < 4.78 is 1.79. The van der Waals surface area contributed by atoms with E-state index < -0.39 is 0 Å². The molecule has 1 aliphatic rings. The molecule has 1 heterocycles. The summed E-state index contributed by atoms with van der Waals surface area (Å²) in [6, 6.07) is 0. The molecule has 0 atom stereocenters. The highest BCUT2D eigenvalue weighted by atomic mass is 15.4. The fourth-order valence-electron chi connectivity index (χ4n) is 0.493. The average molecular weight is 110 g/mol. The standard InChI is InChI=1S/C5H8N3/c1-5-6-3-4-8(2)7-5/h3-4,7H,1H2,2H3/q+1. The average Bonchev–Trinajstić information content (AvgIpc) is 1.64. The summed E-state index contributed by atoms with van der Waals surface area (Å²) in [5.41, 5.74) is 2.86. The molecule has 42 valence electrons. The Morgan fingerprint density at radius 2 is 2.62 bits per heavy atom. The first-order valence-corrected chi connectivity index (χ1v) is 2.35. The summed E-state index contributed by atoms with van der Waals surface area (Å²) in [7, 11) is 1.89. The molecule has 0 aliphatic carbocycles. The number of nitrogens with one attached hydrogen (secondary N) is 1. The van der Waals surface area contributed by atoms with Crippen LogP contribution in [0, 0.1) is 0 Å². The van der Waals surface area contributed by atoms with E-state index in [-0.39, 0.29) is 0 Å². The SMILES string of the molecule is C=C1N=CC=[N+](C)N1. The van der Waals surface area contributed by atoms with Gasteiger partial charge < -0.3 is 0 Å². The van der Waals surface area contributed by atoms with Gasteiger partial charge in [0.05, 0.1) is 6.21 Å². The van der Waals surface area contributed by atoms with Crippen molar-refractivity contribution in [2.75, 3.05) is 7.05 Å². The summed E-state index contributed by atoms with van der Waals surface area (Å²) in [6.45, 7) is 3.59. The Bertz CT molecular complexity index is 167. The van der Waals surface area contributed by atoms with Gasteiger partial charge in [0, 0.05) is 0 Å². The van der Waals surface area contributed by atoms with Crippen LogP contribution in [0.15, 0.2) is 17.4 Å². The number of aliphatic imine (C=N–C) groups is 1. The second-order valence-electron chi connectivity index (χ2n) is 1.60. The molecule has 0 aromatic carbocycles. The van der Waals surface area contributed by atoms with E-state index in [1.807, 2.05) is 13.3 Å². The molecule has 0 fully saturated rings. The Morgan fingerprint density at radius 3 is 3.00 bits per heavy atom. The molecule has 3 nitrogen and oxygen atoms in total. The fraction of sp³-hybridized carbons (Fsp3) is 0.200. The van der Waals surface area contributed by atoms with Gasteiger partial charge in [-0.2, -0.15) is 0 Å². The van der Waals surface area contributed by atoms with Gasteiger partial charge in [0.15, 0.2) is 12.9 Å². The van der Waals surface area contributed by atoms with Gasteiger partial charge in [0.1, 0.15) is 0 Å². The number of hydrazine groups is 1. The van der Waals surface area contributed by atoms with Crippen LogP contribution in [0.25, 0.3) is 0 Å². The van der Waals surface area contributed by atoms with Gasteiger partial charge in [-0.3, -0.25) is 0 Å². The van der Waals surface area contributed by atoms with Crippen molar-refractivity contribution in [1.82, 2.24) is 5.43 Å². The van der Waals surface area contributed by atoms with Crippen LogP contribution in [0.2, 0.25) is 0 Å². The van der Waals surface area contributed by atoms with Crippen molar-refractivity contribution in [1.29, 1.82) is 0 Å². The lowest BCUT2D eigenvalue weighted by atomic mass is 10.7. The van der Waals surface area contributed by atoms with E-state index in [1.165, 1.54) is 0 Å². The van der Waals surface area contributed by atoms with Crippen molar-refractivity contribution in [3.8, 4) is 0 Å². The van der Waals surface area contributed by atoms with Crippen LogP contribution in [-0.2, 0) is 0 Å². The first kappa shape index (κ1) is 5.03. The zero-order valence-corrected chi connectivity index (χ0v) is 4.76. The highest BCUT2D eigenvalue weighted by Gasteiger charge is 1.98. The van der Waals surface area contributed by atoms with E-state index in [2.05, 4.69) is 17.0 Å². The quantitative estimate of drug-likeness (QED) is 0.428. The van der Waals surface area contributed by atoms with E-state index >= 15 is 0 Å². The molecule has 8 heavy (non-hydrogen) atoms. The van der Waals surface area contributed by atoms with Crippen LogP contribution in [0.4, 0.5) is 0 Å². The minimum absolute atomic E-state index is 0.676. The molecule has 0 spiro atoms. The zero-order chi connectivity index (χ0) is 5.98. The fourth-order valence-corrected chi connectivity index (χ4v) is 0.493. The molecule has 1 aliphatic heterocycles. The molecule has 1 rings (SSSR count). The van der Waals surface area contributed by atoms with Crippen molar-refractivity contribution in [3.63, 3.8) is 0 Å².